The van der Waals surface area contributed by atoms with Crippen molar-refractivity contribution in [1.82, 2.24) is 0 Å². The number of hydrogen-bond acceptors (Lipinski definition) is 2. The number of anilines is 2. The van der Waals surface area contributed by atoms with Crippen LogP contribution in [0.5, 0.6) is 0 Å². The van der Waals surface area contributed by atoms with Crippen molar-refractivity contribution in [3.63, 3.8) is 0 Å². The van der Waals surface area contributed by atoms with Crippen LogP contribution >= 0.6 is 0 Å². The second-order valence-electron chi connectivity index (χ2n) is 6.33. The van der Waals surface area contributed by atoms with E-state index in [1.54, 1.807) is 0 Å². The summed E-state index contributed by atoms with van der Waals surface area (Å²) >= 11 is 0. The third-order valence-corrected chi connectivity index (χ3v) is 4.70. The fourth-order valence-corrected chi connectivity index (χ4v) is 3.58. The van der Waals surface area contributed by atoms with Crippen LogP contribution in [0.4, 0.5) is 11.4 Å². The van der Waals surface area contributed by atoms with Gasteiger partial charge in [0.25, 0.3) is 0 Å². The number of nitrogens with zero attached hydrogens (tertiary/aromatic N) is 1. The van der Waals surface area contributed by atoms with Crippen LogP contribution in [0.3, 0.4) is 0 Å². The summed E-state index contributed by atoms with van der Waals surface area (Å²) in [4.78, 5) is 14.7. The van der Waals surface area contributed by atoms with Gasteiger partial charge in [-0.15, -0.1) is 0 Å². The van der Waals surface area contributed by atoms with Crippen LogP contribution in [0.1, 0.15) is 12.5 Å². The summed E-state index contributed by atoms with van der Waals surface area (Å²) in [5.41, 5.74) is 3.31. The maximum atomic E-state index is 12.8. The molecule has 0 radical (unpaired) electrons. The quantitative estimate of drug-likeness (QED) is 0.784. The number of carbonyl (C=O) groups is 1. The van der Waals surface area contributed by atoms with E-state index in [4.69, 9.17) is 0 Å². The largest absolute Gasteiger partial charge is 0.376 e. The van der Waals surface area contributed by atoms with Gasteiger partial charge in [-0.05, 0) is 36.4 Å². The molecule has 3 aromatic rings. The van der Waals surface area contributed by atoms with Crippen LogP contribution in [0.25, 0.3) is 10.8 Å². The number of fused-ring (bicyclic) bond motifs is 2. The van der Waals surface area contributed by atoms with Gasteiger partial charge in [0.15, 0.2) is 0 Å². The van der Waals surface area contributed by atoms with Crippen molar-refractivity contribution < 1.29 is 4.79 Å². The van der Waals surface area contributed by atoms with Crippen molar-refractivity contribution in [2.75, 3.05) is 16.8 Å². The SMILES string of the molecule is C[C@H]1Cc2ccccc2N1C(=O)CNc1cccc2ccccc12. The average Bonchev–Trinajstić information content (AvgIpc) is 2.95. The zero-order chi connectivity index (χ0) is 16.5. The Kier molecular flexibility index (Phi) is 3.69. The Hall–Kier alpha value is -2.81. The van der Waals surface area contributed by atoms with E-state index in [2.05, 4.69) is 36.5 Å². The van der Waals surface area contributed by atoms with E-state index in [1.165, 1.54) is 10.9 Å². The highest BCUT2D eigenvalue weighted by Crippen LogP contribution is 2.32. The number of amides is 1. The predicted molar refractivity (Wildman–Crippen MR) is 99.5 cm³/mol. The zero-order valence-electron chi connectivity index (χ0n) is 13.7. The minimum Gasteiger partial charge on any atom is -0.376 e. The number of benzene rings is 3. The Morgan fingerprint density at radius 3 is 2.71 bits per heavy atom. The lowest BCUT2D eigenvalue weighted by molar-refractivity contribution is -0.117. The maximum absolute atomic E-state index is 12.8. The van der Waals surface area contributed by atoms with Crippen molar-refractivity contribution >= 4 is 28.1 Å². The Balaban J connectivity index is 1.55. The van der Waals surface area contributed by atoms with E-state index in [0.717, 1.165) is 23.2 Å². The maximum Gasteiger partial charge on any atom is 0.246 e. The highest BCUT2D eigenvalue weighted by Gasteiger charge is 2.30. The number of rotatable bonds is 3. The van der Waals surface area contributed by atoms with Crippen LogP contribution in [0.15, 0.2) is 66.7 Å². The minimum atomic E-state index is 0.111. The molecular formula is C21H20N2O. The topological polar surface area (TPSA) is 32.3 Å². The van der Waals surface area contributed by atoms with E-state index in [-0.39, 0.29) is 11.9 Å². The van der Waals surface area contributed by atoms with E-state index in [0.29, 0.717) is 6.54 Å². The standard InChI is InChI=1S/C21H20N2O/c1-15-13-17-8-3-5-12-20(17)23(15)21(24)14-22-19-11-6-9-16-7-2-4-10-18(16)19/h2-12,15,22H,13-14H2,1H3/t15-/m0/s1. The molecule has 0 saturated heterocycles. The van der Waals surface area contributed by atoms with Crippen LogP contribution < -0.4 is 10.2 Å². The highest BCUT2D eigenvalue weighted by molar-refractivity contribution is 6.00. The normalized spacial score (nSPS) is 16.2. The van der Waals surface area contributed by atoms with E-state index >= 15 is 0 Å². The molecule has 0 fully saturated rings. The smallest absolute Gasteiger partial charge is 0.246 e. The lowest BCUT2D eigenvalue weighted by atomic mass is 10.1. The molecule has 1 N–H and O–H groups in total. The molecule has 3 aromatic carbocycles. The van der Waals surface area contributed by atoms with Gasteiger partial charge < -0.3 is 10.2 Å². The van der Waals surface area contributed by atoms with Gasteiger partial charge in [0.2, 0.25) is 5.91 Å². The number of nitrogens with one attached hydrogen (secondary N) is 1. The second kappa shape index (κ2) is 6.00. The van der Waals surface area contributed by atoms with Crippen molar-refractivity contribution in [2.45, 2.75) is 19.4 Å². The molecule has 0 aliphatic carbocycles. The molecule has 1 heterocycles. The summed E-state index contributed by atoms with van der Waals surface area (Å²) in [5, 5.41) is 5.64. The molecule has 1 aliphatic rings. The van der Waals surface area contributed by atoms with Crippen molar-refractivity contribution in [3.8, 4) is 0 Å². The highest BCUT2D eigenvalue weighted by atomic mass is 16.2. The molecule has 4 rings (SSSR count). The first-order chi connectivity index (χ1) is 11.7. The average molecular weight is 316 g/mol. The Morgan fingerprint density at radius 1 is 1.04 bits per heavy atom. The van der Waals surface area contributed by atoms with Crippen molar-refractivity contribution in [1.29, 1.82) is 0 Å². The molecule has 0 spiro atoms. The van der Waals surface area contributed by atoms with Gasteiger partial charge in [0.1, 0.15) is 0 Å². The molecule has 120 valence electrons. The van der Waals surface area contributed by atoms with Gasteiger partial charge >= 0.3 is 0 Å². The molecule has 1 aliphatic heterocycles. The number of carbonyl (C=O) groups excluding carboxylic acids is 1. The van der Waals surface area contributed by atoms with Gasteiger partial charge in [-0.1, -0.05) is 54.6 Å². The number of hydrogen-bond donors (Lipinski definition) is 1. The van der Waals surface area contributed by atoms with Gasteiger partial charge in [-0.3, -0.25) is 4.79 Å². The third-order valence-electron chi connectivity index (χ3n) is 4.70. The van der Waals surface area contributed by atoms with Gasteiger partial charge in [0, 0.05) is 22.8 Å². The summed E-state index contributed by atoms with van der Waals surface area (Å²) in [6, 6.07) is 22.7. The molecule has 0 bridgehead atoms. The van der Waals surface area contributed by atoms with Gasteiger partial charge in [-0.25, -0.2) is 0 Å². The summed E-state index contributed by atoms with van der Waals surface area (Å²) in [6.07, 6.45) is 0.927. The Bertz CT molecular complexity index is 898. The predicted octanol–water partition coefficient (Wildman–Crippen LogP) is 4.23. The minimum absolute atomic E-state index is 0.111. The van der Waals surface area contributed by atoms with Crippen LogP contribution in [0.2, 0.25) is 0 Å². The van der Waals surface area contributed by atoms with Crippen LogP contribution in [-0.4, -0.2) is 18.5 Å². The molecule has 24 heavy (non-hydrogen) atoms. The van der Waals surface area contributed by atoms with E-state index < -0.39 is 0 Å². The molecule has 3 nitrogen and oxygen atoms in total. The van der Waals surface area contributed by atoms with E-state index in [9.17, 15) is 4.79 Å². The first-order valence-corrected chi connectivity index (χ1v) is 8.35. The van der Waals surface area contributed by atoms with E-state index in [1.807, 2.05) is 47.4 Å². The lowest BCUT2D eigenvalue weighted by Gasteiger charge is -2.23. The first kappa shape index (κ1) is 14.8. The summed E-state index contributed by atoms with van der Waals surface area (Å²) in [5.74, 6) is 0.111. The monoisotopic (exact) mass is 316 g/mol. The second-order valence-corrected chi connectivity index (χ2v) is 6.33. The fourth-order valence-electron chi connectivity index (χ4n) is 3.58. The van der Waals surface area contributed by atoms with Crippen LogP contribution in [-0.2, 0) is 11.2 Å². The molecule has 0 unspecified atom stereocenters. The van der Waals surface area contributed by atoms with Crippen molar-refractivity contribution in [3.05, 3.63) is 72.3 Å². The summed E-state index contributed by atoms with van der Waals surface area (Å²) < 4.78 is 0. The van der Waals surface area contributed by atoms with Gasteiger partial charge in [0.05, 0.1) is 6.54 Å². The molecule has 1 amide bonds. The summed E-state index contributed by atoms with van der Waals surface area (Å²) in [6.45, 7) is 2.41. The Labute approximate surface area is 141 Å². The molecule has 0 aromatic heterocycles. The van der Waals surface area contributed by atoms with Gasteiger partial charge in [-0.2, -0.15) is 0 Å². The Morgan fingerprint density at radius 2 is 1.79 bits per heavy atom. The molecule has 3 heteroatoms. The van der Waals surface area contributed by atoms with Crippen LogP contribution in [0, 0.1) is 0 Å². The molecule has 1 atom stereocenters. The zero-order valence-corrected chi connectivity index (χ0v) is 13.7. The third kappa shape index (κ3) is 2.52. The van der Waals surface area contributed by atoms with Crippen molar-refractivity contribution in [2.24, 2.45) is 0 Å². The summed E-state index contributed by atoms with van der Waals surface area (Å²) in [7, 11) is 0. The molecular weight excluding hydrogens is 296 g/mol. The molecule has 0 saturated carbocycles. The number of para-hydroxylation sites is 1. The first-order valence-electron chi connectivity index (χ1n) is 8.35. The fraction of sp³-hybridized carbons (Fsp3) is 0.190. The lowest BCUT2D eigenvalue weighted by Crippen LogP contribution is -2.39.